The Bertz CT molecular complexity index is 370. The molecule has 0 amide bonds. The van der Waals surface area contributed by atoms with Gasteiger partial charge >= 0.3 is 0 Å². The largest absolute Gasteiger partial charge is 0.299 e. The van der Waals surface area contributed by atoms with Crippen LogP contribution in [0.2, 0.25) is 0 Å². The molecule has 2 rings (SSSR count). The molecule has 1 aliphatic rings. The molecule has 1 heteroatoms. The molecule has 0 aliphatic heterocycles. The Morgan fingerprint density at radius 2 is 2.29 bits per heavy atom. The Labute approximate surface area is 85.5 Å². The van der Waals surface area contributed by atoms with Crippen LogP contribution in [0.15, 0.2) is 24.3 Å². The summed E-state index contributed by atoms with van der Waals surface area (Å²) in [4.78, 5) is 0. The minimum atomic E-state index is 0.520. The number of rotatable bonds is 2. The van der Waals surface area contributed by atoms with E-state index in [4.69, 9.17) is 0 Å². The first kappa shape index (κ1) is 9.30. The maximum atomic E-state index is 3.47. The normalized spacial score (nSPS) is 18.5. The number of hydrogen-bond donors (Lipinski definition) is 1. The number of aryl methyl sites for hydroxylation is 1. The Kier molecular flexibility index (Phi) is 2.86. The van der Waals surface area contributed by atoms with E-state index in [1.165, 1.54) is 24.0 Å². The average Bonchev–Trinajstić information content (AvgIpc) is 2.63. The van der Waals surface area contributed by atoms with Crippen molar-refractivity contribution in [2.75, 3.05) is 6.54 Å². The van der Waals surface area contributed by atoms with E-state index in [1.54, 1.807) is 0 Å². The third-order valence-corrected chi connectivity index (χ3v) is 2.75. The van der Waals surface area contributed by atoms with Crippen LogP contribution in [0.3, 0.4) is 0 Å². The summed E-state index contributed by atoms with van der Waals surface area (Å²) < 4.78 is 0. The van der Waals surface area contributed by atoms with E-state index < -0.39 is 0 Å². The third kappa shape index (κ3) is 1.81. The molecule has 0 saturated carbocycles. The SMILES string of the molecule is CC#CCN[C@@H]1CCc2ccccc21. The first-order valence-electron chi connectivity index (χ1n) is 5.12. The quantitative estimate of drug-likeness (QED) is 0.697. The monoisotopic (exact) mass is 185 g/mol. The van der Waals surface area contributed by atoms with Crippen LogP contribution in [0.4, 0.5) is 0 Å². The van der Waals surface area contributed by atoms with Gasteiger partial charge in [-0.25, -0.2) is 0 Å². The van der Waals surface area contributed by atoms with E-state index in [0.717, 1.165) is 6.54 Å². The lowest BCUT2D eigenvalue weighted by Gasteiger charge is -2.11. The molecule has 1 aliphatic carbocycles. The van der Waals surface area contributed by atoms with E-state index in [-0.39, 0.29) is 0 Å². The molecule has 0 fully saturated rings. The van der Waals surface area contributed by atoms with Crippen LogP contribution < -0.4 is 5.32 Å². The predicted molar refractivity (Wildman–Crippen MR) is 59.0 cm³/mol. The summed E-state index contributed by atoms with van der Waals surface area (Å²) >= 11 is 0. The molecule has 1 aromatic rings. The van der Waals surface area contributed by atoms with Gasteiger partial charge < -0.3 is 0 Å². The van der Waals surface area contributed by atoms with Crippen molar-refractivity contribution >= 4 is 0 Å². The molecular weight excluding hydrogens is 170 g/mol. The van der Waals surface area contributed by atoms with Crippen LogP contribution in [-0.4, -0.2) is 6.54 Å². The lowest BCUT2D eigenvalue weighted by Crippen LogP contribution is -2.19. The van der Waals surface area contributed by atoms with Crippen LogP contribution in [0, 0.1) is 11.8 Å². The van der Waals surface area contributed by atoms with E-state index in [1.807, 2.05) is 6.92 Å². The number of benzene rings is 1. The molecule has 0 saturated heterocycles. The second-order valence-corrected chi connectivity index (χ2v) is 3.60. The molecule has 0 radical (unpaired) electrons. The van der Waals surface area contributed by atoms with Gasteiger partial charge in [-0.1, -0.05) is 30.2 Å². The van der Waals surface area contributed by atoms with E-state index in [2.05, 4.69) is 41.4 Å². The standard InChI is InChI=1S/C13H15N/c1-2-3-10-14-13-9-8-11-6-4-5-7-12(11)13/h4-7,13-14H,8-10H2,1H3/t13-/m1/s1. The zero-order valence-electron chi connectivity index (χ0n) is 8.51. The molecule has 1 atom stereocenters. The lowest BCUT2D eigenvalue weighted by molar-refractivity contribution is 0.568. The van der Waals surface area contributed by atoms with Crippen LogP contribution in [0.25, 0.3) is 0 Å². The molecule has 0 unspecified atom stereocenters. The van der Waals surface area contributed by atoms with E-state index in [9.17, 15) is 0 Å². The van der Waals surface area contributed by atoms with Crippen molar-refractivity contribution < 1.29 is 0 Å². The third-order valence-electron chi connectivity index (χ3n) is 2.75. The second kappa shape index (κ2) is 4.30. The Hall–Kier alpha value is -1.26. The summed E-state index contributed by atoms with van der Waals surface area (Å²) in [6.07, 6.45) is 2.41. The number of nitrogens with one attached hydrogen (secondary N) is 1. The van der Waals surface area contributed by atoms with Gasteiger partial charge in [-0.3, -0.25) is 5.32 Å². The van der Waals surface area contributed by atoms with Crippen molar-refractivity contribution in [3.05, 3.63) is 35.4 Å². The minimum absolute atomic E-state index is 0.520. The molecule has 1 nitrogen and oxygen atoms in total. The number of hydrogen-bond acceptors (Lipinski definition) is 1. The maximum absolute atomic E-state index is 3.47. The smallest absolute Gasteiger partial charge is 0.0581 e. The molecule has 0 spiro atoms. The Balaban J connectivity index is 2.05. The van der Waals surface area contributed by atoms with Gasteiger partial charge in [0.2, 0.25) is 0 Å². The summed E-state index contributed by atoms with van der Waals surface area (Å²) in [5.74, 6) is 5.95. The highest BCUT2D eigenvalue weighted by atomic mass is 14.9. The summed E-state index contributed by atoms with van der Waals surface area (Å²) in [6.45, 7) is 2.68. The zero-order valence-corrected chi connectivity index (χ0v) is 8.51. The Morgan fingerprint density at radius 1 is 1.43 bits per heavy atom. The topological polar surface area (TPSA) is 12.0 Å². The molecule has 72 valence electrons. The van der Waals surface area contributed by atoms with Gasteiger partial charge in [0.15, 0.2) is 0 Å². The van der Waals surface area contributed by atoms with Crippen molar-refractivity contribution in [1.82, 2.24) is 5.32 Å². The van der Waals surface area contributed by atoms with Crippen molar-refractivity contribution in [2.45, 2.75) is 25.8 Å². The molecule has 0 aromatic heterocycles. The summed E-state index contributed by atoms with van der Waals surface area (Å²) in [6, 6.07) is 9.20. The van der Waals surface area contributed by atoms with Crippen molar-refractivity contribution in [1.29, 1.82) is 0 Å². The zero-order chi connectivity index (χ0) is 9.80. The van der Waals surface area contributed by atoms with Gasteiger partial charge in [-0.15, -0.1) is 5.92 Å². The fourth-order valence-corrected chi connectivity index (χ4v) is 2.03. The van der Waals surface area contributed by atoms with Crippen molar-refractivity contribution in [2.24, 2.45) is 0 Å². The lowest BCUT2D eigenvalue weighted by atomic mass is 10.1. The van der Waals surface area contributed by atoms with Gasteiger partial charge in [0.05, 0.1) is 6.54 Å². The average molecular weight is 185 g/mol. The molecule has 1 N–H and O–H groups in total. The van der Waals surface area contributed by atoms with Crippen LogP contribution in [0.5, 0.6) is 0 Å². The summed E-state index contributed by atoms with van der Waals surface area (Å²) in [5, 5.41) is 3.47. The minimum Gasteiger partial charge on any atom is -0.299 e. The maximum Gasteiger partial charge on any atom is 0.0581 e. The second-order valence-electron chi connectivity index (χ2n) is 3.60. The van der Waals surface area contributed by atoms with Gasteiger partial charge in [0.25, 0.3) is 0 Å². The fourth-order valence-electron chi connectivity index (χ4n) is 2.03. The molecule has 14 heavy (non-hydrogen) atoms. The first-order chi connectivity index (χ1) is 6.92. The summed E-state index contributed by atoms with van der Waals surface area (Å²) in [7, 11) is 0. The van der Waals surface area contributed by atoms with Crippen molar-refractivity contribution in [3.8, 4) is 11.8 Å². The van der Waals surface area contributed by atoms with Gasteiger partial charge in [-0.05, 0) is 30.9 Å². The first-order valence-corrected chi connectivity index (χ1v) is 5.12. The summed E-state index contributed by atoms with van der Waals surface area (Å²) in [5.41, 5.74) is 2.96. The highest BCUT2D eigenvalue weighted by molar-refractivity contribution is 5.34. The highest BCUT2D eigenvalue weighted by Crippen LogP contribution is 2.30. The predicted octanol–water partition coefficient (Wildman–Crippen LogP) is 2.29. The highest BCUT2D eigenvalue weighted by Gasteiger charge is 2.20. The van der Waals surface area contributed by atoms with Crippen LogP contribution >= 0.6 is 0 Å². The van der Waals surface area contributed by atoms with Gasteiger partial charge in [0.1, 0.15) is 0 Å². The fraction of sp³-hybridized carbons (Fsp3) is 0.385. The van der Waals surface area contributed by atoms with Crippen LogP contribution in [-0.2, 0) is 6.42 Å². The molecule has 0 bridgehead atoms. The van der Waals surface area contributed by atoms with Gasteiger partial charge in [0, 0.05) is 6.04 Å². The Morgan fingerprint density at radius 3 is 3.14 bits per heavy atom. The molecular formula is C13H15N. The van der Waals surface area contributed by atoms with Gasteiger partial charge in [-0.2, -0.15) is 0 Å². The van der Waals surface area contributed by atoms with Crippen molar-refractivity contribution in [3.63, 3.8) is 0 Å². The number of fused-ring (bicyclic) bond motifs is 1. The van der Waals surface area contributed by atoms with E-state index in [0.29, 0.717) is 6.04 Å². The van der Waals surface area contributed by atoms with Crippen LogP contribution in [0.1, 0.15) is 30.5 Å². The molecule has 1 aromatic carbocycles. The molecule has 0 heterocycles. The van der Waals surface area contributed by atoms with E-state index >= 15 is 0 Å².